The summed E-state index contributed by atoms with van der Waals surface area (Å²) in [6, 6.07) is 26.5. The fourth-order valence-electron chi connectivity index (χ4n) is 3.83. The van der Waals surface area contributed by atoms with Gasteiger partial charge in [-0.3, -0.25) is 9.69 Å². The standard InChI is InChI=1S/C25H24N2O3/c1-19-9-8-14-22(17-19)30-16-15-27-23(28)25(26-24(27)29,21-12-6-3-7-13-21)18-20-10-4-2-5-11-20/h2-14,17H,15-16,18H2,1H3,(H,26,29)/t25-/m1/s1. The lowest BCUT2D eigenvalue weighted by atomic mass is 9.83. The van der Waals surface area contributed by atoms with Gasteiger partial charge in [0.25, 0.3) is 5.91 Å². The van der Waals surface area contributed by atoms with Crippen molar-refractivity contribution in [3.63, 3.8) is 0 Å². The number of rotatable bonds is 7. The highest BCUT2D eigenvalue weighted by molar-refractivity contribution is 6.07. The van der Waals surface area contributed by atoms with Gasteiger partial charge in [-0.15, -0.1) is 0 Å². The van der Waals surface area contributed by atoms with Gasteiger partial charge in [0.05, 0.1) is 6.54 Å². The Morgan fingerprint density at radius 3 is 2.30 bits per heavy atom. The summed E-state index contributed by atoms with van der Waals surface area (Å²) in [5, 5.41) is 2.97. The number of nitrogens with zero attached hydrogens (tertiary/aromatic N) is 1. The van der Waals surface area contributed by atoms with Crippen LogP contribution in [0.3, 0.4) is 0 Å². The quantitative estimate of drug-likeness (QED) is 0.609. The van der Waals surface area contributed by atoms with Crippen LogP contribution in [0.5, 0.6) is 5.75 Å². The normalized spacial score (nSPS) is 18.4. The summed E-state index contributed by atoms with van der Waals surface area (Å²) in [7, 11) is 0. The van der Waals surface area contributed by atoms with Crippen molar-refractivity contribution in [2.75, 3.05) is 13.2 Å². The van der Waals surface area contributed by atoms with Crippen LogP contribution in [0.25, 0.3) is 0 Å². The van der Waals surface area contributed by atoms with Crippen LogP contribution < -0.4 is 10.1 Å². The summed E-state index contributed by atoms with van der Waals surface area (Å²) in [5.41, 5.74) is 1.72. The van der Waals surface area contributed by atoms with Crippen LogP contribution in [0.15, 0.2) is 84.9 Å². The number of imide groups is 1. The molecule has 5 heteroatoms. The van der Waals surface area contributed by atoms with Crippen molar-refractivity contribution in [1.82, 2.24) is 10.2 Å². The van der Waals surface area contributed by atoms with Crippen molar-refractivity contribution in [3.05, 3.63) is 102 Å². The second-order valence-electron chi connectivity index (χ2n) is 7.49. The molecule has 1 aliphatic rings. The van der Waals surface area contributed by atoms with Gasteiger partial charge in [0.1, 0.15) is 12.4 Å². The summed E-state index contributed by atoms with van der Waals surface area (Å²) in [6.45, 7) is 2.41. The van der Waals surface area contributed by atoms with E-state index in [1.54, 1.807) is 0 Å². The molecule has 0 bridgehead atoms. The Balaban J connectivity index is 1.56. The molecule has 3 aromatic rings. The average molecular weight is 400 g/mol. The number of carbonyl (C=O) groups is 2. The van der Waals surface area contributed by atoms with Crippen molar-refractivity contribution in [2.24, 2.45) is 0 Å². The van der Waals surface area contributed by atoms with Gasteiger partial charge in [0.15, 0.2) is 5.54 Å². The van der Waals surface area contributed by atoms with Crippen LogP contribution in [0.1, 0.15) is 16.7 Å². The van der Waals surface area contributed by atoms with Crippen molar-refractivity contribution < 1.29 is 14.3 Å². The lowest BCUT2D eigenvalue weighted by Crippen LogP contribution is -2.46. The average Bonchev–Trinajstić information content (AvgIpc) is 3.00. The van der Waals surface area contributed by atoms with Crippen molar-refractivity contribution in [2.45, 2.75) is 18.9 Å². The third-order valence-electron chi connectivity index (χ3n) is 5.33. The number of urea groups is 1. The van der Waals surface area contributed by atoms with Crippen molar-refractivity contribution in [1.29, 1.82) is 0 Å². The monoisotopic (exact) mass is 400 g/mol. The molecule has 1 fully saturated rings. The maximum atomic E-state index is 13.5. The van der Waals surface area contributed by atoms with Crippen LogP contribution in [-0.2, 0) is 16.8 Å². The summed E-state index contributed by atoms with van der Waals surface area (Å²) in [6.07, 6.45) is 0.387. The van der Waals surface area contributed by atoms with Crippen LogP contribution >= 0.6 is 0 Å². The molecular formula is C25H24N2O3. The summed E-state index contributed by atoms with van der Waals surface area (Å²) >= 11 is 0. The summed E-state index contributed by atoms with van der Waals surface area (Å²) in [4.78, 5) is 27.6. The first-order chi connectivity index (χ1) is 14.6. The molecule has 3 aromatic carbocycles. The lowest BCUT2D eigenvalue weighted by molar-refractivity contribution is -0.131. The fourth-order valence-corrected chi connectivity index (χ4v) is 3.83. The molecule has 152 valence electrons. The molecule has 0 saturated carbocycles. The van der Waals surface area contributed by atoms with Gasteiger partial charge < -0.3 is 10.1 Å². The van der Waals surface area contributed by atoms with E-state index < -0.39 is 11.6 Å². The lowest BCUT2D eigenvalue weighted by Gasteiger charge is -2.27. The van der Waals surface area contributed by atoms with E-state index in [-0.39, 0.29) is 19.1 Å². The predicted molar refractivity (Wildman–Crippen MR) is 115 cm³/mol. The van der Waals surface area contributed by atoms with Gasteiger partial charge in [-0.2, -0.15) is 0 Å². The number of benzene rings is 3. The van der Waals surface area contributed by atoms with Gasteiger partial charge in [0.2, 0.25) is 0 Å². The maximum absolute atomic E-state index is 13.5. The first-order valence-electron chi connectivity index (χ1n) is 10.0. The molecule has 3 amide bonds. The maximum Gasteiger partial charge on any atom is 0.325 e. The van der Waals surface area contributed by atoms with Gasteiger partial charge in [0, 0.05) is 6.42 Å². The second kappa shape index (κ2) is 8.41. The van der Waals surface area contributed by atoms with E-state index in [1.165, 1.54) is 4.90 Å². The zero-order valence-corrected chi connectivity index (χ0v) is 16.9. The molecule has 1 heterocycles. The van der Waals surface area contributed by atoms with Gasteiger partial charge in [-0.1, -0.05) is 72.8 Å². The van der Waals surface area contributed by atoms with E-state index in [0.29, 0.717) is 6.42 Å². The first kappa shape index (κ1) is 19.7. The molecule has 0 unspecified atom stereocenters. The van der Waals surface area contributed by atoms with Crippen LogP contribution in [0, 0.1) is 6.92 Å². The SMILES string of the molecule is Cc1cccc(OCCN2C(=O)N[C@](Cc3ccccc3)(c3ccccc3)C2=O)c1. The Hall–Kier alpha value is -3.60. The molecule has 1 N–H and O–H groups in total. The number of nitrogens with one attached hydrogen (secondary N) is 1. The molecule has 0 aromatic heterocycles. The summed E-state index contributed by atoms with van der Waals surface area (Å²) in [5.74, 6) is 0.469. The zero-order valence-electron chi connectivity index (χ0n) is 16.9. The molecule has 30 heavy (non-hydrogen) atoms. The van der Waals surface area contributed by atoms with E-state index in [1.807, 2.05) is 91.9 Å². The van der Waals surface area contributed by atoms with E-state index in [4.69, 9.17) is 4.74 Å². The molecule has 0 radical (unpaired) electrons. The Kier molecular flexibility index (Phi) is 5.53. The van der Waals surface area contributed by atoms with Gasteiger partial charge in [-0.05, 0) is 35.7 Å². The number of amides is 3. The smallest absolute Gasteiger partial charge is 0.325 e. The minimum Gasteiger partial charge on any atom is -0.492 e. The molecule has 0 spiro atoms. The number of carbonyl (C=O) groups excluding carboxylic acids is 2. The largest absolute Gasteiger partial charge is 0.492 e. The molecular weight excluding hydrogens is 376 g/mol. The highest BCUT2D eigenvalue weighted by atomic mass is 16.5. The minimum absolute atomic E-state index is 0.183. The summed E-state index contributed by atoms with van der Waals surface area (Å²) < 4.78 is 5.76. The third kappa shape index (κ3) is 3.92. The molecule has 4 rings (SSSR count). The van der Waals surface area contributed by atoms with E-state index in [0.717, 1.165) is 22.4 Å². The number of hydrogen-bond donors (Lipinski definition) is 1. The minimum atomic E-state index is -1.12. The molecule has 1 atom stereocenters. The number of hydrogen-bond acceptors (Lipinski definition) is 3. The molecule has 5 nitrogen and oxygen atoms in total. The highest BCUT2D eigenvalue weighted by Gasteiger charge is 2.52. The van der Waals surface area contributed by atoms with Crippen LogP contribution in [0.2, 0.25) is 0 Å². The van der Waals surface area contributed by atoms with Gasteiger partial charge in [-0.25, -0.2) is 4.79 Å². The van der Waals surface area contributed by atoms with Crippen LogP contribution in [0.4, 0.5) is 4.79 Å². The first-order valence-corrected chi connectivity index (χ1v) is 10.0. The molecule has 1 aliphatic heterocycles. The molecule has 1 saturated heterocycles. The number of ether oxygens (including phenoxy) is 1. The fraction of sp³-hybridized carbons (Fsp3) is 0.200. The topological polar surface area (TPSA) is 58.6 Å². The van der Waals surface area contributed by atoms with E-state index in [2.05, 4.69) is 5.32 Å². The number of aryl methyl sites for hydroxylation is 1. The predicted octanol–water partition coefficient (Wildman–Crippen LogP) is 4.06. The Bertz CT molecular complexity index is 1040. The Labute approximate surface area is 176 Å². The Morgan fingerprint density at radius 2 is 1.60 bits per heavy atom. The van der Waals surface area contributed by atoms with Gasteiger partial charge >= 0.3 is 6.03 Å². The Morgan fingerprint density at radius 1 is 0.900 bits per heavy atom. The van der Waals surface area contributed by atoms with E-state index >= 15 is 0 Å². The van der Waals surface area contributed by atoms with E-state index in [9.17, 15) is 9.59 Å². The highest BCUT2D eigenvalue weighted by Crippen LogP contribution is 2.33. The molecule has 0 aliphatic carbocycles. The zero-order chi connectivity index (χ0) is 21.0. The second-order valence-corrected chi connectivity index (χ2v) is 7.49. The van der Waals surface area contributed by atoms with Crippen LogP contribution in [-0.4, -0.2) is 30.0 Å². The van der Waals surface area contributed by atoms with Crippen molar-refractivity contribution in [3.8, 4) is 5.75 Å². The van der Waals surface area contributed by atoms with Crippen molar-refractivity contribution >= 4 is 11.9 Å². The third-order valence-corrected chi connectivity index (χ3v) is 5.33.